The van der Waals surface area contributed by atoms with Crippen LogP contribution in [0.4, 0.5) is 0 Å². The van der Waals surface area contributed by atoms with Crippen molar-refractivity contribution in [2.24, 2.45) is 0 Å². The summed E-state index contributed by atoms with van der Waals surface area (Å²) in [4.78, 5) is 16.8. The molecule has 0 atom stereocenters. The Morgan fingerprint density at radius 2 is 1.94 bits per heavy atom. The molecule has 0 N–H and O–H groups in total. The molecule has 0 amide bonds. The average Bonchev–Trinajstić information content (AvgIpc) is 2.73. The fourth-order valence-corrected chi connectivity index (χ4v) is 3.38. The van der Waals surface area contributed by atoms with Gasteiger partial charge in [0.2, 0.25) is 0 Å². The number of carbonyl (C=O) groups excluding carboxylic acids is 1. The van der Waals surface area contributed by atoms with Crippen molar-refractivity contribution in [3.63, 3.8) is 0 Å². The standard InChI is InChI=1S/C15H23NOS/c1-2-13-7-8-15(18-13)14(17)9-12-16-10-5-3-4-6-11-16/h7-8H,2-6,9-12H2,1H3. The first-order valence-electron chi connectivity index (χ1n) is 7.14. The maximum absolute atomic E-state index is 12.1. The molecule has 2 heterocycles. The summed E-state index contributed by atoms with van der Waals surface area (Å²) < 4.78 is 0. The predicted octanol–water partition coefficient (Wildman–Crippen LogP) is 3.76. The summed E-state index contributed by atoms with van der Waals surface area (Å²) in [6.45, 7) is 5.44. The molecule has 1 aliphatic heterocycles. The largest absolute Gasteiger partial charge is 0.303 e. The molecule has 3 heteroatoms. The molecule has 0 spiro atoms. The van der Waals surface area contributed by atoms with Crippen molar-refractivity contribution >= 4 is 17.1 Å². The van der Waals surface area contributed by atoms with Gasteiger partial charge in [0, 0.05) is 17.8 Å². The third kappa shape index (κ3) is 3.92. The van der Waals surface area contributed by atoms with Crippen LogP contribution in [0.15, 0.2) is 12.1 Å². The van der Waals surface area contributed by atoms with Gasteiger partial charge >= 0.3 is 0 Å². The Morgan fingerprint density at radius 3 is 2.56 bits per heavy atom. The summed E-state index contributed by atoms with van der Waals surface area (Å²) in [6, 6.07) is 4.08. The lowest BCUT2D eigenvalue weighted by molar-refractivity contribution is 0.0969. The lowest BCUT2D eigenvalue weighted by Crippen LogP contribution is -2.27. The lowest BCUT2D eigenvalue weighted by Gasteiger charge is -2.18. The number of ketones is 1. The molecule has 18 heavy (non-hydrogen) atoms. The molecule has 2 nitrogen and oxygen atoms in total. The first-order valence-corrected chi connectivity index (χ1v) is 7.95. The van der Waals surface area contributed by atoms with Gasteiger partial charge in [-0.15, -0.1) is 11.3 Å². The SMILES string of the molecule is CCc1ccc(C(=O)CCN2CCCCCC2)s1. The van der Waals surface area contributed by atoms with E-state index in [-0.39, 0.29) is 0 Å². The van der Waals surface area contributed by atoms with Crippen molar-refractivity contribution in [1.82, 2.24) is 4.90 Å². The molecule has 1 aromatic rings. The summed E-state index contributed by atoms with van der Waals surface area (Å²) in [6.07, 6.45) is 7.03. The summed E-state index contributed by atoms with van der Waals surface area (Å²) in [7, 11) is 0. The molecule has 1 fully saturated rings. The number of rotatable bonds is 5. The van der Waals surface area contributed by atoms with Gasteiger partial charge in [0.1, 0.15) is 0 Å². The van der Waals surface area contributed by atoms with Crippen LogP contribution in [0.2, 0.25) is 0 Å². The Balaban J connectivity index is 1.80. The Hall–Kier alpha value is -0.670. The van der Waals surface area contributed by atoms with Crippen LogP contribution in [0.3, 0.4) is 0 Å². The van der Waals surface area contributed by atoms with Gasteiger partial charge in [-0.05, 0) is 44.5 Å². The van der Waals surface area contributed by atoms with E-state index in [0.717, 1.165) is 17.8 Å². The van der Waals surface area contributed by atoms with Gasteiger partial charge in [-0.25, -0.2) is 0 Å². The van der Waals surface area contributed by atoms with Crippen molar-refractivity contribution in [2.75, 3.05) is 19.6 Å². The second kappa shape index (κ2) is 7.05. The van der Waals surface area contributed by atoms with E-state index in [1.54, 1.807) is 11.3 Å². The molecule has 1 aliphatic rings. The molecule has 2 rings (SSSR count). The topological polar surface area (TPSA) is 20.3 Å². The van der Waals surface area contributed by atoms with Gasteiger partial charge in [-0.2, -0.15) is 0 Å². The fourth-order valence-electron chi connectivity index (χ4n) is 2.46. The molecule has 0 saturated carbocycles. The summed E-state index contributed by atoms with van der Waals surface area (Å²) in [5.41, 5.74) is 0. The first kappa shape index (κ1) is 13.8. The van der Waals surface area contributed by atoms with Gasteiger partial charge in [-0.3, -0.25) is 4.79 Å². The molecule has 0 aliphatic carbocycles. The molecule has 1 saturated heterocycles. The smallest absolute Gasteiger partial charge is 0.174 e. The maximum Gasteiger partial charge on any atom is 0.174 e. The number of hydrogen-bond donors (Lipinski definition) is 0. The van der Waals surface area contributed by atoms with E-state index in [1.165, 1.54) is 43.6 Å². The van der Waals surface area contributed by atoms with Crippen LogP contribution in [-0.4, -0.2) is 30.3 Å². The molecule has 0 radical (unpaired) electrons. The van der Waals surface area contributed by atoms with Crippen molar-refractivity contribution in [1.29, 1.82) is 0 Å². The summed E-state index contributed by atoms with van der Waals surface area (Å²) >= 11 is 1.66. The summed E-state index contributed by atoms with van der Waals surface area (Å²) in [5, 5.41) is 0. The highest BCUT2D eigenvalue weighted by Crippen LogP contribution is 2.19. The van der Waals surface area contributed by atoms with Gasteiger partial charge in [-0.1, -0.05) is 19.8 Å². The second-order valence-corrected chi connectivity index (χ2v) is 6.22. The van der Waals surface area contributed by atoms with Gasteiger partial charge < -0.3 is 4.90 Å². The minimum atomic E-state index is 0.323. The van der Waals surface area contributed by atoms with E-state index in [9.17, 15) is 4.79 Å². The van der Waals surface area contributed by atoms with Crippen molar-refractivity contribution in [3.8, 4) is 0 Å². The Labute approximate surface area is 114 Å². The Kier molecular flexibility index (Phi) is 5.39. The van der Waals surface area contributed by atoms with Crippen LogP contribution in [0, 0.1) is 0 Å². The summed E-state index contributed by atoms with van der Waals surface area (Å²) in [5.74, 6) is 0.323. The van der Waals surface area contributed by atoms with Crippen molar-refractivity contribution < 1.29 is 4.79 Å². The lowest BCUT2D eigenvalue weighted by atomic mass is 10.2. The second-order valence-electron chi connectivity index (χ2n) is 5.05. The monoisotopic (exact) mass is 265 g/mol. The molecule has 0 aromatic carbocycles. The zero-order chi connectivity index (χ0) is 12.8. The number of aryl methyl sites for hydroxylation is 1. The van der Waals surface area contributed by atoms with Crippen molar-refractivity contribution in [3.05, 3.63) is 21.9 Å². The number of likely N-dealkylation sites (tertiary alicyclic amines) is 1. The van der Waals surface area contributed by atoms with E-state index in [0.29, 0.717) is 12.2 Å². The Bertz CT molecular complexity index is 378. The highest BCUT2D eigenvalue weighted by molar-refractivity contribution is 7.14. The van der Waals surface area contributed by atoms with E-state index in [1.807, 2.05) is 6.07 Å². The number of Topliss-reactive ketones (excluding diaryl/α,β-unsaturated/α-hetero) is 1. The highest BCUT2D eigenvalue weighted by Gasteiger charge is 2.13. The number of carbonyl (C=O) groups is 1. The molecule has 1 aromatic heterocycles. The van der Waals surface area contributed by atoms with Crippen LogP contribution < -0.4 is 0 Å². The van der Waals surface area contributed by atoms with Gasteiger partial charge in [0.15, 0.2) is 5.78 Å². The highest BCUT2D eigenvalue weighted by atomic mass is 32.1. The minimum Gasteiger partial charge on any atom is -0.303 e. The fraction of sp³-hybridized carbons (Fsp3) is 0.667. The van der Waals surface area contributed by atoms with Gasteiger partial charge in [0.25, 0.3) is 0 Å². The zero-order valence-corrected chi connectivity index (χ0v) is 12.1. The number of hydrogen-bond acceptors (Lipinski definition) is 3. The minimum absolute atomic E-state index is 0.323. The molecule has 0 bridgehead atoms. The van der Waals surface area contributed by atoms with E-state index in [2.05, 4.69) is 17.9 Å². The number of nitrogens with zero attached hydrogens (tertiary/aromatic N) is 1. The Morgan fingerprint density at radius 1 is 1.22 bits per heavy atom. The molecule has 100 valence electrons. The third-order valence-electron chi connectivity index (χ3n) is 3.64. The molecule has 0 unspecified atom stereocenters. The van der Waals surface area contributed by atoms with Gasteiger partial charge in [0.05, 0.1) is 4.88 Å². The predicted molar refractivity (Wildman–Crippen MR) is 77.6 cm³/mol. The third-order valence-corrected chi connectivity index (χ3v) is 4.91. The molecular formula is C15H23NOS. The number of thiophene rings is 1. The zero-order valence-electron chi connectivity index (χ0n) is 11.3. The maximum atomic E-state index is 12.1. The average molecular weight is 265 g/mol. The first-order chi connectivity index (χ1) is 8.79. The van der Waals surface area contributed by atoms with Crippen LogP contribution in [-0.2, 0) is 6.42 Å². The van der Waals surface area contributed by atoms with Crippen LogP contribution in [0.25, 0.3) is 0 Å². The van der Waals surface area contributed by atoms with E-state index >= 15 is 0 Å². The van der Waals surface area contributed by atoms with E-state index in [4.69, 9.17) is 0 Å². The van der Waals surface area contributed by atoms with Crippen LogP contribution in [0.5, 0.6) is 0 Å². The van der Waals surface area contributed by atoms with Crippen LogP contribution >= 0.6 is 11.3 Å². The molecular weight excluding hydrogens is 242 g/mol. The van der Waals surface area contributed by atoms with Crippen molar-refractivity contribution in [2.45, 2.75) is 45.4 Å². The van der Waals surface area contributed by atoms with Crippen LogP contribution in [0.1, 0.15) is 53.6 Å². The quantitative estimate of drug-likeness (QED) is 0.756. The normalized spacial score (nSPS) is 17.6. The van der Waals surface area contributed by atoms with E-state index < -0.39 is 0 Å².